The van der Waals surface area contributed by atoms with Crippen LogP contribution in [0.3, 0.4) is 0 Å². The van der Waals surface area contributed by atoms with Gasteiger partial charge in [0.1, 0.15) is 4.60 Å². The summed E-state index contributed by atoms with van der Waals surface area (Å²) in [5.74, 6) is 0. The molecule has 84 valence electrons. The molecule has 0 aliphatic carbocycles. The van der Waals surface area contributed by atoms with E-state index < -0.39 is 0 Å². The Morgan fingerprint density at radius 1 is 1.07 bits per heavy atom. The fourth-order valence-corrected chi connectivity index (χ4v) is 2.39. The molecule has 0 aliphatic rings. The van der Waals surface area contributed by atoms with E-state index in [4.69, 9.17) is 0 Å². The molecular formula is C12H17Br2N. The van der Waals surface area contributed by atoms with Crippen LogP contribution in [0.15, 0.2) is 22.9 Å². The van der Waals surface area contributed by atoms with Gasteiger partial charge < -0.3 is 0 Å². The van der Waals surface area contributed by atoms with Gasteiger partial charge in [0.2, 0.25) is 0 Å². The molecule has 0 spiro atoms. The van der Waals surface area contributed by atoms with E-state index in [-0.39, 0.29) is 0 Å². The highest BCUT2D eigenvalue weighted by atomic mass is 79.9. The molecule has 1 aromatic rings. The van der Waals surface area contributed by atoms with Gasteiger partial charge in [-0.1, -0.05) is 41.3 Å². The van der Waals surface area contributed by atoms with Gasteiger partial charge in [-0.05, 0) is 46.8 Å². The van der Waals surface area contributed by atoms with Crippen LogP contribution in [0.25, 0.3) is 0 Å². The van der Waals surface area contributed by atoms with E-state index in [2.05, 4.69) is 42.9 Å². The van der Waals surface area contributed by atoms with E-state index in [9.17, 15) is 0 Å². The maximum absolute atomic E-state index is 4.22. The molecule has 0 N–H and O–H groups in total. The summed E-state index contributed by atoms with van der Waals surface area (Å²) in [4.78, 5) is 4.22. The van der Waals surface area contributed by atoms with Crippen LogP contribution < -0.4 is 0 Å². The molecule has 15 heavy (non-hydrogen) atoms. The highest BCUT2D eigenvalue weighted by Gasteiger charge is 1.99. The van der Waals surface area contributed by atoms with Crippen molar-refractivity contribution in [1.29, 1.82) is 0 Å². The zero-order valence-corrected chi connectivity index (χ0v) is 12.1. The van der Waals surface area contributed by atoms with Crippen molar-refractivity contribution in [2.75, 3.05) is 5.33 Å². The molecule has 1 aromatic heterocycles. The van der Waals surface area contributed by atoms with Crippen LogP contribution in [-0.4, -0.2) is 10.3 Å². The van der Waals surface area contributed by atoms with E-state index in [1.54, 1.807) is 0 Å². The average Bonchev–Trinajstić information content (AvgIpc) is 2.25. The van der Waals surface area contributed by atoms with E-state index in [1.807, 2.05) is 12.3 Å². The van der Waals surface area contributed by atoms with Crippen molar-refractivity contribution in [3.63, 3.8) is 0 Å². The van der Waals surface area contributed by atoms with Crippen LogP contribution in [0.2, 0.25) is 0 Å². The van der Waals surface area contributed by atoms with Gasteiger partial charge in [-0.25, -0.2) is 4.98 Å². The quantitative estimate of drug-likeness (QED) is 0.399. The van der Waals surface area contributed by atoms with Crippen molar-refractivity contribution in [2.24, 2.45) is 0 Å². The predicted octanol–water partition coefficient (Wildman–Crippen LogP) is 4.73. The van der Waals surface area contributed by atoms with Gasteiger partial charge in [0.25, 0.3) is 0 Å². The number of pyridine rings is 1. The standard InChI is InChI=1S/C12H17Br2N/c13-9-5-3-1-2-4-7-11-8-6-10-15-12(11)14/h6,8,10H,1-5,7,9H2. The maximum Gasteiger partial charge on any atom is 0.109 e. The van der Waals surface area contributed by atoms with Crippen LogP contribution >= 0.6 is 31.9 Å². The molecule has 0 unspecified atom stereocenters. The van der Waals surface area contributed by atoms with E-state index in [0.29, 0.717) is 0 Å². The fourth-order valence-electron chi connectivity index (χ4n) is 1.55. The van der Waals surface area contributed by atoms with Crippen molar-refractivity contribution in [3.05, 3.63) is 28.5 Å². The third kappa shape index (κ3) is 5.67. The van der Waals surface area contributed by atoms with Crippen LogP contribution in [0.5, 0.6) is 0 Å². The molecule has 0 radical (unpaired) electrons. The summed E-state index contributed by atoms with van der Waals surface area (Å²) in [6.45, 7) is 0. The van der Waals surface area contributed by atoms with Crippen LogP contribution in [0, 0.1) is 0 Å². The number of alkyl halides is 1. The van der Waals surface area contributed by atoms with Gasteiger partial charge in [-0.3, -0.25) is 0 Å². The van der Waals surface area contributed by atoms with Crippen molar-refractivity contribution in [1.82, 2.24) is 4.98 Å². The van der Waals surface area contributed by atoms with Crippen molar-refractivity contribution in [2.45, 2.75) is 38.5 Å². The van der Waals surface area contributed by atoms with Gasteiger partial charge in [0, 0.05) is 11.5 Å². The van der Waals surface area contributed by atoms with Crippen LogP contribution in [0.4, 0.5) is 0 Å². The highest BCUT2D eigenvalue weighted by Crippen LogP contribution is 2.16. The number of hydrogen-bond donors (Lipinski definition) is 0. The molecule has 0 aliphatic heterocycles. The number of aryl methyl sites for hydroxylation is 1. The monoisotopic (exact) mass is 333 g/mol. The SMILES string of the molecule is BrCCCCCCCc1cccnc1Br. The summed E-state index contributed by atoms with van der Waals surface area (Å²) in [5.41, 5.74) is 1.33. The third-order valence-corrected chi connectivity index (χ3v) is 3.69. The molecule has 1 rings (SSSR count). The Kier molecular flexibility index (Phi) is 7.28. The molecule has 0 saturated heterocycles. The van der Waals surface area contributed by atoms with E-state index in [1.165, 1.54) is 37.7 Å². The first-order chi connectivity index (χ1) is 7.34. The lowest BCUT2D eigenvalue weighted by Gasteiger charge is -2.03. The summed E-state index contributed by atoms with van der Waals surface area (Å²) in [5, 5.41) is 1.14. The average molecular weight is 335 g/mol. The normalized spacial score (nSPS) is 10.5. The molecule has 1 heterocycles. The molecule has 0 bridgehead atoms. The Morgan fingerprint density at radius 2 is 1.80 bits per heavy atom. The lowest BCUT2D eigenvalue weighted by molar-refractivity contribution is 0.634. The van der Waals surface area contributed by atoms with Crippen molar-refractivity contribution in [3.8, 4) is 0 Å². The molecule has 3 heteroatoms. The second kappa shape index (κ2) is 8.28. The zero-order valence-electron chi connectivity index (χ0n) is 8.88. The molecule has 0 saturated carbocycles. The van der Waals surface area contributed by atoms with E-state index in [0.717, 1.165) is 16.4 Å². The zero-order chi connectivity index (χ0) is 10.9. The molecular weight excluding hydrogens is 318 g/mol. The first kappa shape index (κ1) is 13.2. The third-order valence-electron chi connectivity index (χ3n) is 2.42. The lowest BCUT2D eigenvalue weighted by atomic mass is 10.1. The summed E-state index contributed by atoms with van der Waals surface area (Å²) in [7, 11) is 0. The fraction of sp³-hybridized carbons (Fsp3) is 0.583. The van der Waals surface area contributed by atoms with Gasteiger partial charge >= 0.3 is 0 Å². The van der Waals surface area contributed by atoms with Gasteiger partial charge in [-0.15, -0.1) is 0 Å². The Balaban J connectivity index is 2.12. The first-order valence-electron chi connectivity index (χ1n) is 5.50. The summed E-state index contributed by atoms with van der Waals surface area (Å²) >= 11 is 6.92. The summed E-state index contributed by atoms with van der Waals surface area (Å²) in [6.07, 6.45) is 9.56. The Hall–Kier alpha value is 0.110. The number of hydrogen-bond acceptors (Lipinski definition) is 1. The first-order valence-corrected chi connectivity index (χ1v) is 7.41. The van der Waals surface area contributed by atoms with Crippen molar-refractivity contribution >= 4 is 31.9 Å². The highest BCUT2D eigenvalue weighted by molar-refractivity contribution is 9.10. The van der Waals surface area contributed by atoms with Crippen LogP contribution in [0.1, 0.15) is 37.7 Å². The second-order valence-corrected chi connectivity index (χ2v) is 5.20. The predicted molar refractivity (Wildman–Crippen MR) is 72.5 cm³/mol. The molecule has 0 aromatic carbocycles. The smallest absolute Gasteiger partial charge is 0.109 e. The van der Waals surface area contributed by atoms with Gasteiger partial charge in [-0.2, -0.15) is 0 Å². The maximum atomic E-state index is 4.22. The molecule has 0 amide bonds. The van der Waals surface area contributed by atoms with Crippen molar-refractivity contribution < 1.29 is 0 Å². The Bertz CT molecular complexity index is 276. The van der Waals surface area contributed by atoms with Crippen LogP contribution in [-0.2, 0) is 6.42 Å². The number of unbranched alkanes of at least 4 members (excludes halogenated alkanes) is 4. The largest absolute Gasteiger partial charge is 0.249 e. The lowest BCUT2D eigenvalue weighted by Crippen LogP contribution is -1.89. The number of aromatic nitrogens is 1. The second-order valence-electron chi connectivity index (χ2n) is 3.66. The van der Waals surface area contributed by atoms with E-state index >= 15 is 0 Å². The number of rotatable bonds is 7. The van der Waals surface area contributed by atoms with Gasteiger partial charge in [0.15, 0.2) is 0 Å². The Morgan fingerprint density at radius 3 is 2.53 bits per heavy atom. The molecule has 0 atom stereocenters. The summed E-state index contributed by atoms with van der Waals surface area (Å²) < 4.78 is 1.01. The molecule has 1 nitrogen and oxygen atoms in total. The topological polar surface area (TPSA) is 12.9 Å². The Labute approximate surface area is 109 Å². The minimum atomic E-state index is 1.01. The number of nitrogens with zero attached hydrogens (tertiary/aromatic N) is 1. The summed E-state index contributed by atoms with van der Waals surface area (Å²) in [6, 6.07) is 4.15. The minimum Gasteiger partial charge on any atom is -0.249 e. The minimum absolute atomic E-state index is 1.01. The number of halogens is 2. The molecule has 0 fully saturated rings. The van der Waals surface area contributed by atoms with Gasteiger partial charge in [0.05, 0.1) is 0 Å².